The van der Waals surface area contributed by atoms with Gasteiger partial charge < -0.3 is 15.2 Å². The van der Waals surface area contributed by atoms with Crippen molar-refractivity contribution in [3.8, 4) is 0 Å². The summed E-state index contributed by atoms with van der Waals surface area (Å²) < 4.78 is 5.14. The fraction of sp³-hybridized carbons (Fsp3) is 0.467. The average Bonchev–Trinajstić information content (AvgIpc) is 3.10. The van der Waals surface area contributed by atoms with Gasteiger partial charge in [0.15, 0.2) is 0 Å². The summed E-state index contributed by atoms with van der Waals surface area (Å²) in [4.78, 5) is 23.1. The molecule has 0 aliphatic heterocycles. The highest BCUT2D eigenvalue weighted by Crippen LogP contribution is 2.63. The zero-order valence-electron chi connectivity index (χ0n) is 11.0. The monoisotopic (exact) mass is 275 g/mol. The molecule has 2 N–H and O–H groups in total. The minimum Gasteiger partial charge on any atom is -0.481 e. The van der Waals surface area contributed by atoms with Crippen LogP contribution < -0.4 is 5.32 Å². The second kappa shape index (κ2) is 4.81. The summed E-state index contributed by atoms with van der Waals surface area (Å²) in [6.45, 7) is 0.197. The van der Waals surface area contributed by atoms with Crippen molar-refractivity contribution in [3.05, 3.63) is 35.9 Å². The Morgan fingerprint density at radius 3 is 2.70 bits per heavy atom. The minimum absolute atomic E-state index is 0.197. The van der Waals surface area contributed by atoms with Gasteiger partial charge in [0.2, 0.25) is 0 Å². The Morgan fingerprint density at radius 2 is 2.05 bits per heavy atom. The summed E-state index contributed by atoms with van der Waals surface area (Å²) >= 11 is 0. The molecule has 0 heterocycles. The van der Waals surface area contributed by atoms with Crippen LogP contribution in [0.5, 0.6) is 0 Å². The molecule has 1 aromatic carbocycles. The average molecular weight is 275 g/mol. The lowest BCUT2D eigenvalue weighted by atomic mass is 9.98. The molecule has 5 nitrogen and oxygen atoms in total. The number of alkyl carbamates (subject to hydrolysis) is 1. The van der Waals surface area contributed by atoms with Gasteiger partial charge in [-0.2, -0.15) is 0 Å². The number of hydrogen-bond donors (Lipinski definition) is 2. The van der Waals surface area contributed by atoms with Crippen molar-refractivity contribution in [2.75, 3.05) is 0 Å². The Labute approximate surface area is 116 Å². The quantitative estimate of drug-likeness (QED) is 0.883. The molecule has 0 spiro atoms. The van der Waals surface area contributed by atoms with Crippen LogP contribution in [0.4, 0.5) is 4.79 Å². The first-order valence-electron chi connectivity index (χ1n) is 6.83. The lowest BCUT2D eigenvalue weighted by Crippen LogP contribution is -2.43. The molecule has 5 heteroatoms. The van der Waals surface area contributed by atoms with Gasteiger partial charge in [-0.25, -0.2) is 4.79 Å². The van der Waals surface area contributed by atoms with E-state index in [2.05, 4.69) is 5.32 Å². The topological polar surface area (TPSA) is 75.6 Å². The Bertz CT molecular complexity index is 530. The number of carboxylic acids is 1. The van der Waals surface area contributed by atoms with Gasteiger partial charge in [0.1, 0.15) is 6.61 Å². The molecular weight excluding hydrogens is 258 g/mol. The van der Waals surface area contributed by atoms with E-state index in [1.807, 2.05) is 30.3 Å². The number of hydrogen-bond acceptors (Lipinski definition) is 3. The third-order valence-corrected chi connectivity index (χ3v) is 4.48. The summed E-state index contributed by atoms with van der Waals surface area (Å²) in [6, 6.07) is 9.10. The Kier molecular flexibility index (Phi) is 3.12. The van der Waals surface area contributed by atoms with Crippen molar-refractivity contribution in [1.29, 1.82) is 0 Å². The molecular formula is C15H17NO4. The third-order valence-electron chi connectivity index (χ3n) is 4.48. The minimum atomic E-state index is -0.798. The van der Waals surface area contributed by atoms with Crippen molar-refractivity contribution in [1.82, 2.24) is 5.32 Å². The van der Waals surface area contributed by atoms with E-state index in [0.29, 0.717) is 6.42 Å². The first-order valence-corrected chi connectivity index (χ1v) is 6.83. The van der Waals surface area contributed by atoms with Gasteiger partial charge >= 0.3 is 12.1 Å². The Hall–Kier alpha value is -2.04. The molecule has 3 rings (SSSR count). The van der Waals surface area contributed by atoms with Gasteiger partial charge in [-0.05, 0) is 30.7 Å². The second-order valence-electron chi connectivity index (χ2n) is 5.58. The highest BCUT2D eigenvalue weighted by molar-refractivity contribution is 5.82. The van der Waals surface area contributed by atoms with Crippen LogP contribution in [-0.4, -0.2) is 23.2 Å². The van der Waals surface area contributed by atoms with Crippen LogP contribution >= 0.6 is 0 Å². The van der Waals surface area contributed by atoms with E-state index in [9.17, 15) is 14.7 Å². The van der Waals surface area contributed by atoms with Gasteiger partial charge in [-0.15, -0.1) is 0 Å². The number of carbonyl (C=O) groups is 2. The lowest BCUT2D eigenvalue weighted by Gasteiger charge is -2.20. The highest BCUT2D eigenvalue weighted by atomic mass is 16.5. The SMILES string of the molecule is O=C(NC1CCC2CC21C(=O)O)OCc1ccccc1. The first kappa shape index (κ1) is 13.0. The summed E-state index contributed by atoms with van der Waals surface area (Å²) in [5, 5.41) is 12.0. The summed E-state index contributed by atoms with van der Waals surface area (Å²) in [7, 11) is 0. The molecule has 0 bridgehead atoms. The molecule has 2 saturated carbocycles. The molecule has 1 aromatic rings. The van der Waals surface area contributed by atoms with E-state index in [4.69, 9.17) is 4.74 Å². The van der Waals surface area contributed by atoms with Crippen LogP contribution in [0.2, 0.25) is 0 Å². The van der Waals surface area contributed by atoms with Crippen molar-refractivity contribution < 1.29 is 19.4 Å². The molecule has 3 atom stereocenters. The van der Waals surface area contributed by atoms with Crippen LogP contribution in [0.15, 0.2) is 30.3 Å². The maximum absolute atomic E-state index is 11.8. The molecule has 20 heavy (non-hydrogen) atoms. The van der Waals surface area contributed by atoms with Crippen molar-refractivity contribution in [2.24, 2.45) is 11.3 Å². The molecule has 0 aromatic heterocycles. The van der Waals surface area contributed by atoms with E-state index in [1.54, 1.807) is 0 Å². The fourth-order valence-electron chi connectivity index (χ4n) is 3.28. The predicted octanol–water partition coefficient (Wildman–Crippen LogP) is 2.17. The normalized spacial score (nSPS) is 30.4. The molecule has 1 amide bonds. The van der Waals surface area contributed by atoms with Crippen molar-refractivity contribution in [3.63, 3.8) is 0 Å². The lowest BCUT2D eigenvalue weighted by molar-refractivity contribution is -0.144. The molecule has 2 fully saturated rings. The van der Waals surface area contributed by atoms with Crippen LogP contribution in [-0.2, 0) is 16.1 Å². The van der Waals surface area contributed by atoms with E-state index in [-0.39, 0.29) is 18.6 Å². The zero-order chi connectivity index (χ0) is 14.2. The van der Waals surface area contributed by atoms with E-state index in [0.717, 1.165) is 18.4 Å². The van der Waals surface area contributed by atoms with Gasteiger partial charge in [0.05, 0.1) is 5.41 Å². The number of rotatable bonds is 4. The van der Waals surface area contributed by atoms with E-state index in [1.165, 1.54) is 0 Å². The third kappa shape index (κ3) is 2.13. The first-order chi connectivity index (χ1) is 9.63. The molecule has 2 aliphatic rings. The number of fused-ring (bicyclic) bond motifs is 1. The standard InChI is InChI=1S/C15H17NO4/c17-13(18)15-8-11(15)6-7-12(15)16-14(19)20-9-10-4-2-1-3-5-10/h1-5,11-12H,6-9H2,(H,16,19)(H,17,18). The number of carbonyl (C=O) groups excluding carboxylic acids is 1. The number of ether oxygens (including phenoxy) is 1. The molecule has 0 radical (unpaired) electrons. The van der Waals surface area contributed by atoms with Crippen molar-refractivity contribution in [2.45, 2.75) is 31.9 Å². The molecule has 3 unspecified atom stereocenters. The molecule has 2 aliphatic carbocycles. The van der Waals surface area contributed by atoms with E-state index >= 15 is 0 Å². The summed E-state index contributed by atoms with van der Waals surface area (Å²) in [6.07, 6.45) is 1.73. The van der Waals surface area contributed by atoms with Crippen LogP contribution in [0, 0.1) is 11.3 Å². The van der Waals surface area contributed by atoms with Crippen LogP contribution in [0.1, 0.15) is 24.8 Å². The van der Waals surface area contributed by atoms with Gasteiger partial charge in [-0.1, -0.05) is 30.3 Å². The van der Waals surface area contributed by atoms with Crippen molar-refractivity contribution >= 4 is 12.1 Å². The smallest absolute Gasteiger partial charge is 0.407 e. The maximum atomic E-state index is 11.8. The number of amides is 1. The predicted molar refractivity (Wildman–Crippen MR) is 71.0 cm³/mol. The van der Waals surface area contributed by atoms with E-state index < -0.39 is 17.5 Å². The van der Waals surface area contributed by atoms with Crippen LogP contribution in [0.3, 0.4) is 0 Å². The Balaban J connectivity index is 1.53. The summed E-state index contributed by atoms with van der Waals surface area (Å²) in [5.41, 5.74) is 0.178. The highest BCUT2D eigenvalue weighted by Gasteiger charge is 2.68. The molecule has 0 saturated heterocycles. The summed E-state index contributed by atoms with van der Waals surface area (Å²) in [5.74, 6) is -0.576. The maximum Gasteiger partial charge on any atom is 0.407 e. The fourth-order valence-corrected chi connectivity index (χ4v) is 3.28. The number of nitrogens with one attached hydrogen (secondary N) is 1. The largest absolute Gasteiger partial charge is 0.481 e. The second-order valence-corrected chi connectivity index (χ2v) is 5.58. The number of carboxylic acid groups (broad SMARTS) is 1. The number of benzene rings is 1. The Morgan fingerprint density at radius 1 is 1.30 bits per heavy atom. The van der Waals surface area contributed by atoms with Gasteiger partial charge in [0.25, 0.3) is 0 Å². The zero-order valence-corrected chi connectivity index (χ0v) is 11.0. The van der Waals surface area contributed by atoms with Crippen LogP contribution in [0.25, 0.3) is 0 Å². The van der Waals surface area contributed by atoms with Gasteiger partial charge in [0, 0.05) is 6.04 Å². The van der Waals surface area contributed by atoms with Gasteiger partial charge in [-0.3, -0.25) is 4.79 Å². The molecule has 106 valence electrons. The number of aliphatic carboxylic acids is 1.